The Morgan fingerprint density at radius 1 is 1.17 bits per heavy atom. The largest absolute Gasteiger partial charge is 0.486 e. The van der Waals surface area contributed by atoms with E-state index in [-0.39, 0.29) is 0 Å². The van der Waals surface area contributed by atoms with Crippen LogP contribution in [0.5, 0.6) is 11.5 Å². The van der Waals surface area contributed by atoms with E-state index in [9.17, 15) is 0 Å². The highest BCUT2D eigenvalue weighted by Gasteiger charge is 2.21. The number of hydrogen-bond donors (Lipinski definition) is 2. The van der Waals surface area contributed by atoms with Crippen LogP contribution in [0.25, 0.3) is 0 Å². The van der Waals surface area contributed by atoms with Crippen LogP contribution in [-0.4, -0.2) is 25.3 Å². The lowest BCUT2D eigenvalue weighted by Gasteiger charge is -2.19. The van der Waals surface area contributed by atoms with Crippen LogP contribution in [0.2, 0.25) is 0 Å². The molecule has 2 aliphatic rings. The average molecular weight is 248 g/mol. The van der Waals surface area contributed by atoms with E-state index in [1.807, 2.05) is 6.07 Å². The third kappa shape index (κ3) is 2.60. The van der Waals surface area contributed by atoms with Crippen LogP contribution in [-0.2, 0) is 6.54 Å². The van der Waals surface area contributed by atoms with Gasteiger partial charge in [0.2, 0.25) is 0 Å². The first-order chi connectivity index (χ1) is 8.81. The zero-order valence-electron chi connectivity index (χ0n) is 10.5. The molecule has 1 saturated carbocycles. The molecule has 0 bridgehead atoms. The van der Waals surface area contributed by atoms with Crippen molar-refractivity contribution in [1.82, 2.24) is 5.32 Å². The highest BCUT2D eigenvalue weighted by atomic mass is 16.6. The van der Waals surface area contributed by atoms with E-state index < -0.39 is 0 Å². The van der Waals surface area contributed by atoms with E-state index in [2.05, 4.69) is 17.4 Å². The molecule has 98 valence electrons. The Labute approximate surface area is 107 Å². The quantitative estimate of drug-likeness (QED) is 0.849. The van der Waals surface area contributed by atoms with Gasteiger partial charge in [0.05, 0.1) is 0 Å². The normalized spacial score (nSPS) is 26.3. The Morgan fingerprint density at radius 2 is 2.00 bits per heavy atom. The Hall–Kier alpha value is -1.26. The molecule has 4 heteroatoms. The fourth-order valence-electron chi connectivity index (χ4n) is 2.66. The van der Waals surface area contributed by atoms with E-state index in [4.69, 9.17) is 15.2 Å². The molecule has 1 aliphatic heterocycles. The third-order valence-corrected chi connectivity index (χ3v) is 3.67. The predicted octanol–water partition coefficient (Wildman–Crippen LogP) is 1.43. The molecule has 0 aromatic heterocycles. The molecule has 3 N–H and O–H groups in total. The van der Waals surface area contributed by atoms with Crippen molar-refractivity contribution in [3.63, 3.8) is 0 Å². The molecule has 0 spiro atoms. The Kier molecular flexibility index (Phi) is 3.39. The minimum Gasteiger partial charge on any atom is -0.486 e. The van der Waals surface area contributed by atoms with Gasteiger partial charge in [-0.1, -0.05) is 6.07 Å². The lowest BCUT2D eigenvalue weighted by Crippen LogP contribution is -2.28. The zero-order chi connectivity index (χ0) is 12.4. The van der Waals surface area contributed by atoms with Gasteiger partial charge in [0.15, 0.2) is 11.5 Å². The van der Waals surface area contributed by atoms with Gasteiger partial charge in [-0.25, -0.2) is 0 Å². The monoisotopic (exact) mass is 248 g/mol. The SMILES string of the molecule is NC1CCC(NCc2ccc3c(c2)OCCO3)C1. The number of hydrogen-bond acceptors (Lipinski definition) is 4. The number of rotatable bonds is 3. The van der Waals surface area contributed by atoms with E-state index in [0.717, 1.165) is 30.9 Å². The second-order valence-corrected chi connectivity index (χ2v) is 5.13. The lowest BCUT2D eigenvalue weighted by molar-refractivity contribution is 0.171. The molecule has 1 aromatic rings. The fraction of sp³-hybridized carbons (Fsp3) is 0.571. The maximum Gasteiger partial charge on any atom is 0.161 e. The lowest BCUT2D eigenvalue weighted by atomic mass is 10.1. The highest BCUT2D eigenvalue weighted by molar-refractivity contribution is 5.43. The highest BCUT2D eigenvalue weighted by Crippen LogP contribution is 2.30. The molecule has 1 aromatic carbocycles. The summed E-state index contributed by atoms with van der Waals surface area (Å²) in [6.45, 7) is 2.15. The summed E-state index contributed by atoms with van der Waals surface area (Å²) in [6.07, 6.45) is 3.41. The summed E-state index contributed by atoms with van der Waals surface area (Å²) < 4.78 is 11.1. The topological polar surface area (TPSA) is 56.5 Å². The molecule has 1 fully saturated rings. The maximum atomic E-state index is 5.91. The molecule has 2 atom stereocenters. The van der Waals surface area contributed by atoms with Crippen LogP contribution in [0.1, 0.15) is 24.8 Å². The van der Waals surface area contributed by atoms with Crippen LogP contribution >= 0.6 is 0 Å². The van der Waals surface area contributed by atoms with Gasteiger partial charge < -0.3 is 20.5 Å². The van der Waals surface area contributed by atoms with Crippen molar-refractivity contribution >= 4 is 0 Å². The van der Waals surface area contributed by atoms with Gasteiger partial charge >= 0.3 is 0 Å². The van der Waals surface area contributed by atoms with Gasteiger partial charge in [0.25, 0.3) is 0 Å². The first-order valence-electron chi connectivity index (χ1n) is 6.69. The van der Waals surface area contributed by atoms with Crippen LogP contribution < -0.4 is 20.5 Å². The van der Waals surface area contributed by atoms with Crippen molar-refractivity contribution in [2.75, 3.05) is 13.2 Å². The average Bonchev–Trinajstić information content (AvgIpc) is 2.82. The van der Waals surface area contributed by atoms with Crippen LogP contribution in [0.3, 0.4) is 0 Å². The van der Waals surface area contributed by atoms with Crippen LogP contribution in [0, 0.1) is 0 Å². The first-order valence-corrected chi connectivity index (χ1v) is 6.69. The minimum atomic E-state index is 0.378. The van der Waals surface area contributed by atoms with Gasteiger partial charge in [0.1, 0.15) is 13.2 Å². The molecular weight excluding hydrogens is 228 g/mol. The zero-order valence-corrected chi connectivity index (χ0v) is 10.5. The molecule has 18 heavy (non-hydrogen) atoms. The van der Waals surface area contributed by atoms with Gasteiger partial charge in [0, 0.05) is 18.6 Å². The van der Waals surface area contributed by atoms with Crippen molar-refractivity contribution in [2.45, 2.75) is 37.9 Å². The second-order valence-electron chi connectivity index (χ2n) is 5.13. The predicted molar refractivity (Wildman–Crippen MR) is 69.9 cm³/mol. The van der Waals surface area contributed by atoms with Crippen molar-refractivity contribution in [3.05, 3.63) is 23.8 Å². The third-order valence-electron chi connectivity index (χ3n) is 3.67. The molecule has 3 rings (SSSR count). The summed E-state index contributed by atoms with van der Waals surface area (Å²) in [4.78, 5) is 0. The Bertz CT molecular complexity index is 422. The molecule has 4 nitrogen and oxygen atoms in total. The number of ether oxygens (including phenoxy) is 2. The summed E-state index contributed by atoms with van der Waals surface area (Å²) >= 11 is 0. The number of benzene rings is 1. The number of nitrogens with one attached hydrogen (secondary N) is 1. The van der Waals surface area contributed by atoms with Crippen molar-refractivity contribution in [3.8, 4) is 11.5 Å². The Morgan fingerprint density at radius 3 is 2.78 bits per heavy atom. The standard InChI is InChI=1S/C14H20N2O2/c15-11-2-3-12(8-11)16-9-10-1-4-13-14(7-10)18-6-5-17-13/h1,4,7,11-12,16H,2-3,5-6,8-9,15H2. The van der Waals surface area contributed by atoms with Crippen molar-refractivity contribution in [2.24, 2.45) is 5.73 Å². The van der Waals surface area contributed by atoms with Crippen molar-refractivity contribution < 1.29 is 9.47 Å². The van der Waals surface area contributed by atoms with E-state index in [1.54, 1.807) is 0 Å². The van der Waals surface area contributed by atoms with Crippen LogP contribution in [0.4, 0.5) is 0 Å². The summed E-state index contributed by atoms with van der Waals surface area (Å²) in [5, 5.41) is 3.56. The molecular formula is C14H20N2O2. The smallest absolute Gasteiger partial charge is 0.161 e. The summed E-state index contributed by atoms with van der Waals surface area (Å²) in [5.41, 5.74) is 7.14. The summed E-state index contributed by atoms with van der Waals surface area (Å²) in [7, 11) is 0. The van der Waals surface area contributed by atoms with Gasteiger partial charge in [-0.15, -0.1) is 0 Å². The maximum absolute atomic E-state index is 5.91. The number of nitrogens with two attached hydrogens (primary N) is 1. The minimum absolute atomic E-state index is 0.378. The molecule has 0 saturated heterocycles. The van der Waals surface area contributed by atoms with E-state index in [0.29, 0.717) is 25.3 Å². The molecule has 1 aliphatic carbocycles. The Balaban J connectivity index is 1.59. The molecule has 0 radical (unpaired) electrons. The summed E-state index contributed by atoms with van der Waals surface area (Å²) in [5.74, 6) is 1.72. The van der Waals surface area contributed by atoms with Crippen molar-refractivity contribution in [1.29, 1.82) is 0 Å². The molecule has 2 unspecified atom stereocenters. The fourth-order valence-corrected chi connectivity index (χ4v) is 2.66. The second kappa shape index (κ2) is 5.16. The molecule has 1 heterocycles. The van der Waals surface area contributed by atoms with E-state index >= 15 is 0 Å². The van der Waals surface area contributed by atoms with Gasteiger partial charge in [-0.05, 0) is 37.0 Å². The number of fused-ring (bicyclic) bond motifs is 1. The van der Waals surface area contributed by atoms with Crippen LogP contribution in [0.15, 0.2) is 18.2 Å². The summed E-state index contributed by atoms with van der Waals surface area (Å²) in [6, 6.07) is 7.09. The van der Waals surface area contributed by atoms with Gasteiger partial charge in [-0.2, -0.15) is 0 Å². The molecule has 0 amide bonds. The van der Waals surface area contributed by atoms with Gasteiger partial charge in [-0.3, -0.25) is 0 Å². The first kappa shape index (κ1) is 11.8. The van der Waals surface area contributed by atoms with E-state index in [1.165, 1.54) is 12.0 Å².